The summed E-state index contributed by atoms with van der Waals surface area (Å²) in [4.78, 5) is 3.85. The van der Waals surface area contributed by atoms with Crippen molar-refractivity contribution in [2.75, 3.05) is 0 Å². The van der Waals surface area contributed by atoms with Gasteiger partial charge in [0.05, 0.1) is 12.4 Å². The minimum absolute atomic E-state index is 0.0572. The Kier molecular flexibility index (Phi) is 5.03. The summed E-state index contributed by atoms with van der Waals surface area (Å²) in [6.07, 6.45) is 4.52. The Labute approximate surface area is 96.3 Å². The molecule has 4 heteroatoms. The molecule has 1 heterocycles. The van der Waals surface area contributed by atoms with Gasteiger partial charge in [-0.05, 0) is 19.8 Å². The molecule has 4 nitrogen and oxygen atoms in total. The predicted octanol–water partition coefficient (Wildman–Crippen LogP) is 1.79. The fourth-order valence-corrected chi connectivity index (χ4v) is 1.23. The minimum atomic E-state index is -0.977. The van der Waals surface area contributed by atoms with Crippen LogP contribution in [0.1, 0.15) is 33.6 Å². The first-order valence-electron chi connectivity index (χ1n) is 5.35. The van der Waals surface area contributed by atoms with E-state index in [2.05, 4.69) is 23.7 Å². The third-order valence-corrected chi connectivity index (χ3v) is 2.52. The van der Waals surface area contributed by atoms with Crippen LogP contribution in [-0.4, -0.2) is 20.8 Å². The summed E-state index contributed by atoms with van der Waals surface area (Å²) in [5.41, 5.74) is 0. The van der Waals surface area contributed by atoms with Gasteiger partial charge in [0.25, 0.3) is 0 Å². The van der Waals surface area contributed by atoms with Crippen molar-refractivity contribution in [3.63, 3.8) is 0 Å². The molecule has 0 bridgehead atoms. The third-order valence-electron chi connectivity index (χ3n) is 2.52. The van der Waals surface area contributed by atoms with E-state index in [0.29, 0.717) is 0 Å². The first-order valence-corrected chi connectivity index (χ1v) is 5.35. The molecule has 16 heavy (non-hydrogen) atoms. The number of aromatic nitrogens is 2. The fourth-order valence-electron chi connectivity index (χ4n) is 1.23. The lowest BCUT2D eigenvalue weighted by atomic mass is 10.0. The molecule has 3 atom stereocenters. The monoisotopic (exact) mass is 222 g/mol. The zero-order valence-corrected chi connectivity index (χ0v) is 9.92. The van der Waals surface area contributed by atoms with Crippen LogP contribution in [0.2, 0.25) is 0 Å². The number of nitrogens with zero attached hydrogens (tertiary/aromatic N) is 2. The number of hydrogen-bond donors (Lipinski definition) is 1. The van der Waals surface area contributed by atoms with Crippen molar-refractivity contribution in [1.82, 2.24) is 9.55 Å². The molecule has 1 aromatic rings. The molecule has 0 aromatic carbocycles. The Bertz CT molecular complexity index is 351. The van der Waals surface area contributed by atoms with Crippen molar-refractivity contribution in [3.8, 4) is 11.8 Å². The molecule has 0 saturated heterocycles. The van der Waals surface area contributed by atoms with Gasteiger partial charge in [0, 0.05) is 18.8 Å². The Morgan fingerprint density at radius 2 is 2.25 bits per heavy atom. The van der Waals surface area contributed by atoms with Crippen LogP contribution in [0, 0.1) is 17.8 Å². The van der Waals surface area contributed by atoms with Gasteiger partial charge in [0.2, 0.25) is 6.41 Å². The smallest absolute Gasteiger partial charge is 0.242 e. The first-order chi connectivity index (χ1) is 7.65. The second kappa shape index (κ2) is 6.31. The van der Waals surface area contributed by atoms with Crippen molar-refractivity contribution in [2.45, 2.75) is 39.7 Å². The van der Waals surface area contributed by atoms with Gasteiger partial charge in [0.15, 0.2) is 0 Å². The molecule has 0 amide bonds. The number of aliphatic hydroxyl groups excluding tert-OH is 1. The quantitative estimate of drug-likeness (QED) is 0.610. The molecular weight excluding hydrogens is 204 g/mol. The minimum Gasteiger partial charge on any atom is -0.351 e. The second-order valence-corrected chi connectivity index (χ2v) is 3.79. The predicted molar refractivity (Wildman–Crippen MR) is 61.3 cm³/mol. The highest BCUT2D eigenvalue weighted by atomic mass is 16.6. The van der Waals surface area contributed by atoms with Gasteiger partial charge in [-0.1, -0.05) is 6.92 Å². The highest BCUT2D eigenvalue weighted by Crippen LogP contribution is 2.16. The molecular formula is C12H18N2O2. The van der Waals surface area contributed by atoms with E-state index < -0.39 is 6.41 Å². The van der Waals surface area contributed by atoms with E-state index in [-0.39, 0.29) is 12.0 Å². The fraction of sp³-hybridized carbons (Fsp3) is 0.583. The summed E-state index contributed by atoms with van der Waals surface area (Å²) in [6.45, 7) is 5.80. The Morgan fingerprint density at radius 3 is 2.81 bits per heavy atom. The van der Waals surface area contributed by atoms with E-state index in [1.165, 1.54) is 10.9 Å². The van der Waals surface area contributed by atoms with Gasteiger partial charge in [-0.2, -0.15) is 0 Å². The van der Waals surface area contributed by atoms with Crippen LogP contribution in [0.5, 0.6) is 0 Å². The van der Waals surface area contributed by atoms with E-state index in [1.54, 1.807) is 12.4 Å². The average molecular weight is 222 g/mol. The molecule has 1 unspecified atom stereocenters. The maximum atomic E-state index is 9.72. The number of rotatable bonds is 5. The maximum Gasteiger partial charge on any atom is 0.242 e. The lowest BCUT2D eigenvalue weighted by Gasteiger charge is -2.22. The zero-order valence-electron chi connectivity index (χ0n) is 9.92. The Balaban J connectivity index is 2.43. The molecule has 0 radical (unpaired) electrons. The van der Waals surface area contributed by atoms with Crippen LogP contribution in [0.25, 0.3) is 0 Å². The van der Waals surface area contributed by atoms with Crippen LogP contribution in [-0.2, 0) is 4.74 Å². The van der Waals surface area contributed by atoms with Crippen molar-refractivity contribution in [1.29, 1.82) is 0 Å². The molecule has 0 aliphatic carbocycles. The number of ether oxygens (including phenoxy) is 1. The SMILES string of the molecule is CC#CC[C@H](C)[C@@H](C)OC(O)n1ccnc1. The first kappa shape index (κ1) is 12.8. The van der Waals surface area contributed by atoms with E-state index in [0.717, 1.165) is 6.42 Å². The molecule has 1 rings (SSSR count). The maximum absolute atomic E-state index is 9.72. The summed E-state index contributed by atoms with van der Waals surface area (Å²) in [5.74, 6) is 6.14. The normalized spacial score (nSPS) is 16.0. The third kappa shape index (κ3) is 3.69. The number of hydrogen-bond acceptors (Lipinski definition) is 3. The van der Waals surface area contributed by atoms with Gasteiger partial charge < -0.3 is 9.84 Å². The van der Waals surface area contributed by atoms with E-state index in [9.17, 15) is 5.11 Å². The van der Waals surface area contributed by atoms with Crippen LogP contribution in [0.3, 0.4) is 0 Å². The molecule has 1 N–H and O–H groups in total. The van der Waals surface area contributed by atoms with Crippen LogP contribution in [0.4, 0.5) is 0 Å². The highest BCUT2D eigenvalue weighted by molar-refractivity contribution is 4.96. The summed E-state index contributed by atoms with van der Waals surface area (Å²) in [7, 11) is 0. The van der Waals surface area contributed by atoms with Crippen LogP contribution >= 0.6 is 0 Å². The van der Waals surface area contributed by atoms with Crippen molar-refractivity contribution < 1.29 is 9.84 Å². The Hall–Kier alpha value is -1.31. The zero-order chi connectivity index (χ0) is 12.0. The van der Waals surface area contributed by atoms with Gasteiger partial charge in [-0.15, -0.1) is 11.8 Å². The Morgan fingerprint density at radius 1 is 1.50 bits per heavy atom. The molecule has 0 aliphatic rings. The molecule has 88 valence electrons. The standard InChI is InChI=1S/C12H18N2O2/c1-4-5-6-10(2)11(3)16-12(15)14-8-7-13-9-14/h7-12,15H,6H2,1-3H3/t10-,11+,12?/m0/s1. The lowest BCUT2D eigenvalue weighted by Crippen LogP contribution is -2.23. The second-order valence-electron chi connectivity index (χ2n) is 3.79. The van der Waals surface area contributed by atoms with Crippen molar-refractivity contribution in [2.24, 2.45) is 5.92 Å². The van der Waals surface area contributed by atoms with Crippen LogP contribution < -0.4 is 0 Å². The summed E-state index contributed by atoms with van der Waals surface area (Å²) in [5, 5.41) is 9.72. The summed E-state index contributed by atoms with van der Waals surface area (Å²) < 4.78 is 6.97. The van der Waals surface area contributed by atoms with Gasteiger partial charge in [-0.25, -0.2) is 4.98 Å². The van der Waals surface area contributed by atoms with Gasteiger partial charge >= 0.3 is 0 Å². The topological polar surface area (TPSA) is 47.3 Å². The average Bonchev–Trinajstić information content (AvgIpc) is 2.79. The molecule has 0 spiro atoms. The van der Waals surface area contributed by atoms with E-state index in [4.69, 9.17) is 4.74 Å². The number of imidazole rings is 1. The van der Waals surface area contributed by atoms with Gasteiger partial charge in [0.1, 0.15) is 0 Å². The largest absolute Gasteiger partial charge is 0.351 e. The van der Waals surface area contributed by atoms with Crippen LogP contribution in [0.15, 0.2) is 18.7 Å². The summed E-state index contributed by atoms with van der Waals surface area (Å²) >= 11 is 0. The van der Waals surface area contributed by atoms with E-state index >= 15 is 0 Å². The molecule has 1 aromatic heterocycles. The van der Waals surface area contributed by atoms with Crippen molar-refractivity contribution in [3.05, 3.63) is 18.7 Å². The highest BCUT2D eigenvalue weighted by Gasteiger charge is 2.16. The molecule has 0 saturated carbocycles. The number of aliphatic hydroxyl groups is 1. The molecule has 0 fully saturated rings. The lowest BCUT2D eigenvalue weighted by molar-refractivity contribution is -0.189. The molecule has 0 aliphatic heterocycles. The summed E-state index contributed by atoms with van der Waals surface area (Å²) in [6, 6.07) is 0. The van der Waals surface area contributed by atoms with Crippen molar-refractivity contribution >= 4 is 0 Å². The van der Waals surface area contributed by atoms with Gasteiger partial charge in [-0.3, -0.25) is 4.57 Å². The van der Waals surface area contributed by atoms with E-state index in [1.807, 2.05) is 13.8 Å².